The first-order chi connectivity index (χ1) is 11.2. The molecule has 1 unspecified atom stereocenters. The monoisotopic (exact) mass is 438 g/mol. The molecule has 2 aromatic rings. The van der Waals surface area contributed by atoms with E-state index in [-0.39, 0.29) is 24.0 Å². The fourth-order valence-corrected chi connectivity index (χ4v) is 2.33. The van der Waals surface area contributed by atoms with E-state index in [2.05, 4.69) is 71.7 Å². The molecule has 5 heteroatoms. The molecule has 130 valence electrons. The smallest absolute Gasteiger partial charge is 0.191 e. The molecular weight excluding hydrogens is 411 g/mol. The summed E-state index contributed by atoms with van der Waals surface area (Å²) in [4.78, 5) is 9.03. The highest BCUT2D eigenvalue weighted by molar-refractivity contribution is 14.0. The van der Waals surface area contributed by atoms with Gasteiger partial charge in [-0.05, 0) is 37.0 Å². The molecular formula is C19H27IN4. The Bertz CT molecular complexity index is 628. The van der Waals surface area contributed by atoms with Crippen molar-refractivity contribution in [3.63, 3.8) is 0 Å². The van der Waals surface area contributed by atoms with Crippen LogP contribution >= 0.6 is 24.0 Å². The van der Waals surface area contributed by atoms with Crippen molar-refractivity contribution in [2.75, 3.05) is 13.1 Å². The van der Waals surface area contributed by atoms with Crippen LogP contribution in [-0.2, 0) is 6.54 Å². The van der Waals surface area contributed by atoms with Crippen molar-refractivity contribution in [2.24, 2.45) is 4.99 Å². The lowest BCUT2D eigenvalue weighted by molar-refractivity contribution is 0.699. The van der Waals surface area contributed by atoms with Crippen LogP contribution in [-0.4, -0.2) is 24.0 Å². The van der Waals surface area contributed by atoms with Gasteiger partial charge in [0.2, 0.25) is 0 Å². The van der Waals surface area contributed by atoms with Gasteiger partial charge in [-0.1, -0.05) is 43.3 Å². The Labute approximate surface area is 162 Å². The topological polar surface area (TPSA) is 49.3 Å². The Kier molecular flexibility index (Phi) is 9.37. The molecule has 0 radical (unpaired) electrons. The molecule has 1 atom stereocenters. The molecule has 1 heterocycles. The molecule has 4 nitrogen and oxygen atoms in total. The molecule has 0 aliphatic heterocycles. The summed E-state index contributed by atoms with van der Waals surface area (Å²) in [5.41, 5.74) is 3.52. The van der Waals surface area contributed by atoms with E-state index in [0.717, 1.165) is 24.7 Å². The van der Waals surface area contributed by atoms with Crippen molar-refractivity contribution in [1.82, 2.24) is 15.6 Å². The molecule has 0 amide bonds. The number of guanidine groups is 1. The lowest BCUT2D eigenvalue weighted by atomic mass is 10.0. The van der Waals surface area contributed by atoms with E-state index in [4.69, 9.17) is 0 Å². The lowest BCUT2D eigenvalue weighted by Gasteiger charge is -2.16. The normalized spacial score (nSPS) is 12.2. The number of pyridine rings is 1. The fraction of sp³-hybridized carbons (Fsp3) is 0.368. The predicted octanol–water partition coefficient (Wildman–Crippen LogP) is 3.87. The number of rotatable bonds is 6. The summed E-state index contributed by atoms with van der Waals surface area (Å²) in [6.45, 7) is 8.62. The summed E-state index contributed by atoms with van der Waals surface area (Å²) < 4.78 is 0. The minimum absolute atomic E-state index is 0. The number of benzene rings is 1. The van der Waals surface area contributed by atoms with Crippen molar-refractivity contribution in [3.05, 3.63) is 65.5 Å². The van der Waals surface area contributed by atoms with Crippen LogP contribution in [0.15, 0.2) is 53.7 Å². The fourth-order valence-electron chi connectivity index (χ4n) is 2.33. The molecule has 0 spiro atoms. The van der Waals surface area contributed by atoms with Gasteiger partial charge < -0.3 is 10.6 Å². The van der Waals surface area contributed by atoms with Crippen molar-refractivity contribution >= 4 is 29.9 Å². The molecule has 0 fully saturated rings. The van der Waals surface area contributed by atoms with Gasteiger partial charge in [0.25, 0.3) is 0 Å². The highest BCUT2D eigenvalue weighted by Crippen LogP contribution is 2.13. The Morgan fingerprint density at radius 1 is 1.12 bits per heavy atom. The Balaban J connectivity index is 0.00000288. The van der Waals surface area contributed by atoms with Gasteiger partial charge in [0.05, 0.1) is 12.2 Å². The van der Waals surface area contributed by atoms with Crippen LogP contribution in [0.2, 0.25) is 0 Å². The second kappa shape index (κ2) is 11.0. The second-order valence-electron chi connectivity index (χ2n) is 5.65. The average molecular weight is 438 g/mol. The number of hydrogen-bond donors (Lipinski definition) is 2. The summed E-state index contributed by atoms with van der Waals surface area (Å²) in [5.74, 6) is 1.26. The third kappa shape index (κ3) is 6.47. The van der Waals surface area contributed by atoms with Gasteiger partial charge in [0.15, 0.2) is 5.96 Å². The quantitative estimate of drug-likeness (QED) is 0.409. The molecule has 0 aliphatic rings. The van der Waals surface area contributed by atoms with E-state index >= 15 is 0 Å². The van der Waals surface area contributed by atoms with E-state index in [9.17, 15) is 0 Å². The van der Waals surface area contributed by atoms with Crippen molar-refractivity contribution in [1.29, 1.82) is 0 Å². The zero-order valence-electron chi connectivity index (χ0n) is 14.6. The molecule has 24 heavy (non-hydrogen) atoms. The number of aromatic nitrogens is 1. The molecule has 2 rings (SSSR count). The Hall–Kier alpha value is -1.63. The predicted molar refractivity (Wildman–Crippen MR) is 112 cm³/mol. The number of hydrogen-bond acceptors (Lipinski definition) is 2. The minimum Gasteiger partial charge on any atom is -0.357 e. The first kappa shape index (κ1) is 20.4. The van der Waals surface area contributed by atoms with E-state index < -0.39 is 0 Å². The maximum absolute atomic E-state index is 4.64. The van der Waals surface area contributed by atoms with Gasteiger partial charge in [-0.2, -0.15) is 0 Å². The molecule has 2 N–H and O–H groups in total. The zero-order chi connectivity index (χ0) is 16.5. The SMILES string of the molecule is CCNC(=NCc1ncccc1C)NCC(C)c1ccccc1.I. The highest BCUT2D eigenvalue weighted by atomic mass is 127. The van der Waals surface area contributed by atoms with Gasteiger partial charge in [0.1, 0.15) is 0 Å². The van der Waals surface area contributed by atoms with Crippen LogP contribution in [0, 0.1) is 6.92 Å². The van der Waals surface area contributed by atoms with E-state index in [1.807, 2.05) is 18.3 Å². The molecule has 0 aliphatic carbocycles. The molecule has 1 aromatic heterocycles. The van der Waals surface area contributed by atoms with Crippen LogP contribution in [0.5, 0.6) is 0 Å². The first-order valence-corrected chi connectivity index (χ1v) is 8.18. The van der Waals surface area contributed by atoms with Crippen molar-refractivity contribution in [3.8, 4) is 0 Å². The van der Waals surface area contributed by atoms with Gasteiger partial charge >= 0.3 is 0 Å². The van der Waals surface area contributed by atoms with E-state index in [1.54, 1.807) is 0 Å². The number of nitrogens with one attached hydrogen (secondary N) is 2. The Morgan fingerprint density at radius 3 is 2.54 bits per heavy atom. The van der Waals surface area contributed by atoms with Gasteiger partial charge in [-0.15, -0.1) is 24.0 Å². The summed E-state index contributed by atoms with van der Waals surface area (Å²) in [5, 5.41) is 6.71. The van der Waals surface area contributed by atoms with Crippen LogP contribution < -0.4 is 10.6 Å². The van der Waals surface area contributed by atoms with Crippen LogP contribution in [0.3, 0.4) is 0 Å². The first-order valence-electron chi connectivity index (χ1n) is 8.18. The third-order valence-electron chi connectivity index (χ3n) is 3.79. The van der Waals surface area contributed by atoms with E-state index in [0.29, 0.717) is 12.5 Å². The number of halogens is 1. The maximum Gasteiger partial charge on any atom is 0.191 e. The van der Waals surface area contributed by atoms with Gasteiger partial charge in [-0.25, -0.2) is 4.99 Å². The number of aryl methyl sites for hydroxylation is 1. The summed E-state index contributed by atoms with van der Waals surface area (Å²) in [6.07, 6.45) is 1.82. The van der Waals surface area contributed by atoms with Gasteiger partial charge in [0, 0.05) is 19.3 Å². The minimum atomic E-state index is 0. The average Bonchev–Trinajstić information content (AvgIpc) is 2.59. The summed E-state index contributed by atoms with van der Waals surface area (Å²) in [7, 11) is 0. The number of aliphatic imine (C=N–C) groups is 1. The van der Waals surface area contributed by atoms with Crippen LogP contribution in [0.1, 0.15) is 36.6 Å². The molecule has 0 bridgehead atoms. The summed E-state index contributed by atoms with van der Waals surface area (Å²) >= 11 is 0. The molecule has 0 saturated carbocycles. The van der Waals surface area contributed by atoms with Crippen molar-refractivity contribution < 1.29 is 0 Å². The summed E-state index contributed by atoms with van der Waals surface area (Å²) in [6, 6.07) is 14.5. The standard InChI is InChI=1S/C19H26N4.HI/c1-4-20-19(23-14-18-15(2)9-8-12-21-18)22-13-16(3)17-10-6-5-7-11-17;/h5-12,16H,4,13-14H2,1-3H3,(H2,20,22,23);1H. The largest absolute Gasteiger partial charge is 0.357 e. The third-order valence-corrected chi connectivity index (χ3v) is 3.79. The Morgan fingerprint density at radius 2 is 1.88 bits per heavy atom. The second-order valence-corrected chi connectivity index (χ2v) is 5.65. The van der Waals surface area contributed by atoms with E-state index in [1.165, 1.54) is 11.1 Å². The molecule has 0 saturated heterocycles. The van der Waals surface area contributed by atoms with Crippen LogP contribution in [0.25, 0.3) is 0 Å². The maximum atomic E-state index is 4.64. The highest BCUT2D eigenvalue weighted by Gasteiger charge is 2.06. The van der Waals surface area contributed by atoms with Gasteiger partial charge in [-0.3, -0.25) is 4.98 Å². The van der Waals surface area contributed by atoms with Crippen molar-refractivity contribution in [2.45, 2.75) is 33.2 Å². The zero-order valence-corrected chi connectivity index (χ0v) is 17.0. The molecule has 1 aromatic carbocycles. The number of nitrogens with zero attached hydrogens (tertiary/aromatic N) is 2. The van der Waals surface area contributed by atoms with Crippen LogP contribution in [0.4, 0.5) is 0 Å². The lowest BCUT2D eigenvalue weighted by Crippen LogP contribution is -2.39.